The summed E-state index contributed by atoms with van der Waals surface area (Å²) in [5, 5.41) is 2.84. The summed E-state index contributed by atoms with van der Waals surface area (Å²) in [6, 6.07) is 9.48. The molecule has 0 saturated carbocycles. The fourth-order valence-electron chi connectivity index (χ4n) is 1.64. The van der Waals surface area contributed by atoms with Crippen LogP contribution < -0.4 is 10.1 Å². The number of hydrogen-bond donors (Lipinski definition) is 1. The number of nitrogens with one attached hydrogen (secondary N) is 1. The van der Waals surface area contributed by atoms with Crippen molar-refractivity contribution in [3.05, 3.63) is 57.2 Å². The van der Waals surface area contributed by atoms with E-state index in [2.05, 4.69) is 27.9 Å². The van der Waals surface area contributed by atoms with E-state index in [1.165, 1.54) is 12.1 Å². The van der Waals surface area contributed by atoms with Crippen LogP contribution in [0.25, 0.3) is 0 Å². The Morgan fingerprint density at radius 2 is 1.68 bits per heavy atom. The minimum absolute atomic E-state index is 0.374. The Bertz CT molecular complexity index is 549. The molecule has 19 heavy (non-hydrogen) atoms. The van der Waals surface area contributed by atoms with Gasteiger partial charge in [-0.25, -0.2) is 8.78 Å². The molecule has 2 aromatic rings. The lowest BCUT2D eigenvalue weighted by Crippen LogP contribution is -2.06. The fraction of sp³-hybridized carbons (Fsp3) is 0.143. The van der Waals surface area contributed by atoms with Crippen LogP contribution in [0.2, 0.25) is 0 Å². The predicted octanol–water partition coefficient (Wildman–Crippen LogP) is 4.08. The first-order valence-corrected chi connectivity index (χ1v) is 6.74. The van der Waals surface area contributed by atoms with Gasteiger partial charge in [-0.05, 0) is 71.6 Å². The Hall–Kier alpha value is -1.21. The van der Waals surface area contributed by atoms with Crippen LogP contribution in [0.3, 0.4) is 0 Å². The smallest absolute Gasteiger partial charge is 0.198 e. The summed E-state index contributed by atoms with van der Waals surface area (Å²) in [5.41, 5.74) is 0.535. The molecule has 0 atom stereocenters. The lowest BCUT2D eigenvalue weighted by atomic mass is 10.2. The van der Waals surface area contributed by atoms with Crippen molar-refractivity contribution in [3.8, 4) is 11.5 Å². The topological polar surface area (TPSA) is 21.3 Å². The van der Waals surface area contributed by atoms with Gasteiger partial charge in [0, 0.05) is 10.1 Å². The first-order chi connectivity index (χ1) is 9.10. The number of rotatable bonds is 4. The molecule has 0 spiro atoms. The van der Waals surface area contributed by atoms with E-state index in [-0.39, 0.29) is 5.75 Å². The molecule has 0 heterocycles. The average Bonchev–Trinajstić information content (AvgIpc) is 2.36. The van der Waals surface area contributed by atoms with Crippen molar-refractivity contribution in [3.63, 3.8) is 0 Å². The molecular weight excluding hydrogens is 363 g/mol. The second kappa shape index (κ2) is 6.29. The molecule has 0 saturated heterocycles. The van der Waals surface area contributed by atoms with Crippen molar-refractivity contribution in [1.29, 1.82) is 0 Å². The highest BCUT2D eigenvalue weighted by atomic mass is 127. The Morgan fingerprint density at radius 1 is 1.11 bits per heavy atom. The minimum Gasteiger partial charge on any atom is -0.451 e. The summed E-state index contributed by atoms with van der Waals surface area (Å²) in [4.78, 5) is 0. The first kappa shape index (κ1) is 14.2. The van der Waals surface area contributed by atoms with Gasteiger partial charge in [0.15, 0.2) is 17.4 Å². The average molecular weight is 375 g/mol. The van der Waals surface area contributed by atoms with Crippen molar-refractivity contribution in [2.45, 2.75) is 6.54 Å². The quantitative estimate of drug-likeness (QED) is 0.814. The van der Waals surface area contributed by atoms with Crippen LogP contribution in [-0.4, -0.2) is 7.05 Å². The van der Waals surface area contributed by atoms with Gasteiger partial charge in [-0.2, -0.15) is 0 Å². The van der Waals surface area contributed by atoms with Gasteiger partial charge in [-0.1, -0.05) is 0 Å². The highest BCUT2D eigenvalue weighted by Crippen LogP contribution is 2.29. The van der Waals surface area contributed by atoms with Crippen molar-refractivity contribution in [2.24, 2.45) is 0 Å². The maximum atomic E-state index is 13.8. The zero-order chi connectivity index (χ0) is 13.8. The van der Waals surface area contributed by atoms with E-state index in [1.54, 1.807) is 31.3 Å². The van der Waals surface area contributed by atoms with Gasteiger partial charge in [0.2, 0.25) is 0 Å². The lowest BCUT2D eigenvalue weighted by molar-refractivity contribution is 0.406. The van der Waals surface area contributed by atoms with Crippen molar-refractivity contribution in [1.82, 2.24) is 5.32 Å². The Labute approximate surface area is 123 Å². The molecule has 1 N–H and O–H groups in total. The number of hydrogen-bond acceptors (Lipinski definition) is 2. The Kier molecular flexibility index (Phi) is 4.71. The van der Waals surface area contributed by atoms with E-state index < -0.39 is 11.6 Å². The van der Waals surface area contributed by atoms with E-state index in [4.69, 9.17) is 4.74 Å². The summed E-state index contributed by atoms with van der Waals surface area (Å²) >= 11 is 2.14. The van der Waals surface area contributed by atoms with E-state index in [1.807, 2.05) is 0 Å². The summed E-state index contributed by atoms with van der Waals surface area (Å²) in [6.45, 7) is 0.400. The Morgan fingerprint density at radius 3 is 2.21 bits per heavy atom. The van der Waals surface area contributed by atoms with E-state index in [0.29, 0.717) is 17.9 Å². The van der Waals surface area contributed by atoms with Gasteiger partial charge in [-0.15, -0.1) is 0 Å². The van der Waals surface area contributed by atoms with Crippen molar-refractivity contribution in [2.75, 3.05) is 7.05 Å². The molecule has 5 heteroatoms. The van der Waals surface area contributed by atoms with Crippen LogP contribution >= 0.6 is 22.6 Å². The summed E-state index contributed by atoms with van der Waals surface area (Å²) in [6.07, 6.45) is 0. The summed E-state index contributed by atoms with van der Waals surface area (Å²) < 4.78 is 33.9. The molecule has 0 fully saturated rings. The van der Waals surface area contributed by atoms with Gasteiger partial charge < -0.3 is 10.1 Å². The summed E-state index contributed by atoms with van der Waals surface area (Å²) in [7, 11) is 1.71. The fourth-order valence-corrected chi connectivity index (χ4v) is 2.00. The number of benzene rings is 2. The molecule has 100 valence electrons. The van der Waals surface area contributed by atoms with Crippen LogP contribution in [-0.2, 0) is 6.54 Å². The standard InChI is InChI=1S/C14H12F2INO/c1-18-8-9-6-12(15)14(13(16)7-9)19-11-4-2-10(17)3-5-11/h2-7,18H,8H2,1H3. The molecule has 0 aliphatic carbocycles. The molecule has 2 aromatic carbocycles. The molecule has 0 bridgehead atoms. The third-order valence-corrected chi connectivity index (χ3v) is 3.19. The van der Waals surface area contributed by atoms with Crippen LogP contribution in [0, 0.1) is 15.2 Å². The summed E-state index contributed by atoms with van der Waals surface area (Å²) in [5.74, 6) is -1.38. The maximum Gasteiger partial charge on any atom is 0.198 e. The van der Waals surface area contributed by atoms with E-state index in [0.717, 1.165) is 3.57 Å². The largest absolute Gasteiger partial charge is 0.451 e. The molecular formula is C14H12F2INO. The minimum atomic E-state index is -0.705. The molecule has 0 amide bonds. The van der Waals surface area contributed by atoms with Crippen LogP contribution in [0.5, 0.6) is 11.5 Å². The third-order valence-electron chi connectivity index (χ3n) is 2.47. The molecule has 0 aliphatic heterocycles. The molecule has 0 aliphatic rings. The van der Waals surface area contributed by atoms with Crippen LogP contribution in [0.1, 0.15) is 5.56 Å². The van der Waals surface area contributed by atoms with Crippen molar-refractivity contribution >= 4 is 22.6 Å². The number of ether oxygens (including phenoxy) is 1. The second-order valence-electron chi connectivity index (χ2n) is 3.97. The zero-order valence-electron chi connectivity index (χ0n) is 10.2. The van der Waals surface area contributed by atoms with Gasteiger partial charge in [0.05, 0.1) is 0 Å². The Balaban J connectivity index is 2.27. The molecule has 2 rings (SSSR count). The van der Waals surface area contributed by atoms with Gasteiger partial charge in [0.1, 0.15) is 5.75 Å². The van der Waals surface area contributed by atoms with Gasteiger partial charge in [0.25, 0.3) is 0 Å². The monoisotopic (exact) mass is 375 g/mol. The second-order valence-corrected chi connectivity index (χ2v) is 5.22. The van der Waals surface area contributed by atoms with Gasteiger partial charge >= 0.3 is 0 Å². The van der Waals surface area contributed by atoms with E-state index in [9.17, 15) is 8.78 Å². The van der Waals surface area contributed by atoms with Crippen LogP contribution in [0.15, 0.2) is 36.4 Å². The van der Waals surface area contributed by atoms with E-state index >= 15 is 0 Å². The predicted molar refractivity (Wildman–Crippen MR) is 78.4 cm³/mol. The molecule has 2 nitrogen and oxygen atoms in total. The highest BCUT2D eigenvalue weighted by Gasteiger charge is 2.13. The van der Waals surface area contributed by atoms with Crippen molar-refractivity contribution < 1.29 is 13.5 Å². The normalized spacial score (nSPS) is 10.5. The van der Waals surface area contributed by atoms with Crippen LogP contribution in [0.4, 0.5) is 8.78 Å². The molecule has 0 unspecified atom stereocenters. The number of halogens is 3. The highest BCUT2D eigenvalue weighted by molar-refractivity contribution is 14.1. The maximum absolute atomic E-state index is 13.8. The lowest BCUT2D eigenvalue weighted by Gasteiger charge is -2.10. The molecule has 0 radical (unpaired) electrons. The SMILES string of the molecule is CNCc1cc(F)c(Oc2ccc(I)cc2)c(F)c1. The zero-order valence-corrected chi connectivity index (χ0v) is 12.4. The van der Waals surface area contributed by atoms with Gasteiger partial charge in [-0.3, -0.25) is 0 Å². The molecule has 0 aromatic heterocycles. The first-order valence-electron chi connectivity index (χ1n) is 5.66. The third kappa shape index (κ3) is 3.63.